The van der Waals surface area contributed by atoms with Gasteiger partial charge in [0.2, 0.25) is 0 Å². The Labute approximate surface area is 179 Å². The molecule has 0 unspecified atom stereocenters. The number of fused-ring (bicyclic) bond motifs is 1. The van der Waals surface area contributed by atoms with Crippen LogP contribution in [-0.2, 0) is 25.8 Å². The fourth-order valence-electron chi connectivity index (χ4n) is 3.39. The van der Waals surface area contributed by atoms with Crippen LogP contribution in [0.1, 0.15) is 32.7 Å². The molecule has 0 saturated carbocycles. The van der Waals surface area contributed by atoms with Crippen molar-refractivity contribution in [2.45, 2.75) is 25.8 Å². The highest BCUT2D eigenvalue weighted by molar-refractivity contribution is 5.94. The van der Waals surface area contributed by atoms with Crippen molar-refractivity contribution in [3.63, 3.8) is 0 Å². The number of aromatic nitrogens is 1. The molecule has 1 aliphatic rings. The maximum atomic E-state index is 12.7. The molecule has 31 heavy (non-hydrogen) atoms. The number of nitrogens with zero attached hydrogens (tertiary/aromatic N) is 2. The number of hydrogen-bond donors (Lipinski definition) is 3. The van der Waals surface area contributed by atoms with Gasteiger partial charge in [-0.3, -0.25) is 14.7 Å². The Morgan fingerprint density at radius 1 is 1.19 bits per heavy atom. The molecule has 3 rings (SSSR count). The van der Waals surface area contributed by atoms with Gasteiger partial charge in [-0.05, 0) is 42.4 Å². The highest BCUT2D eigenvalue weighted by Crippen LogP contribution is 2.30. The number of pyridine rings is 1. The van der Waals surface area contributed by atoms with E-state index >= 15 is 0 Å². The molecule has 9 heteroatoms. The summed E-state index contributed by atoms with van der Waals surface area (Å²) in [4.78, 5) is 19.0. The number of likely N-dealkylation sites (N-methyl/N-ethyl adjacent to an activating group) is 2. The van der Waals surface area contributed by atoms with Gasteiger partial charge in [-0.25, -0.2) is 0 Å². The summed E-state index contributed by atoms with van der Waals surface area (Å²) in [6.45, 7) is 2.77. The van der Waals surface area contributed by atoms with E-state index in [0.717, 1.165) is 34.7 Å². The minimum absolute atomic E-state index is 0.206. The van der Waals surface area contributed by atoms with E-state index in [2.05, 4.69) is 25.8 Å². The van der Waals surface area contributed by atoms with Crippen LogP contribution < -0.4 is 16.0 Å². The largest absolute Gasteiger partial charge is 0.416 e. The molecule has 0 radical (unpaired) electrons. The van der Waals surface area contributed by atoms with E-state index in [1.807, 2.05) is 19.2 Å². The van der Waals surface area contributed by atoms with Gasteiger partial charge in [0.1, 0.15) is 0 Å². The van der Waals surface area contributed by atoms with E-state index in [9.17, 15) is 18.0 Å². The SMILES string of the molecule is CNC/C=C(/CNC(=O)c1cnc2c(c1)CN(Cc1ccc(C(F)(F)F)cc1)C2)NC. The van der Waals surface area contributed by atoms with Crippen molar-refractivity contribution in [2.75, 3.05) is 27.2 Å². The molecule has 2 heterocycles. The van der Waals surface area contributed by atoms with Gasteiger partial charge in [-0.15, -0.1) is 0 Å². The molecule has 1 aliphatic heterocycles. The van der Waals surface area contributed by atoms with Crippen LogP contribution in [0.25, 0.3) is 0 Å². The van der Waals surface area contributed by atoms with Crippen LogP contribution in [0.4, 0.5) is 13.2 Å². The first-order valence-electron chi connectivity index (χ1n) is 9.96. The Morgan fingerprint density at radius 3 is 2.58 bits per heavy atom. The molecule has 3 N–H and O–H groups in total. The van der Waals surface area contributed by atoms with Gasteiger partial charge in [0.05, 0.1) is 23.4 Å². The molecule has 1 amide bonds. The second-order valence-corrected chi connectivity index (χ2v) is 7.39. The van der Waals surface area contributed by atoms with Crippen LogP contribution in [0.5, 0.6) is 0 Å². The maximum Gasteiger partial charge on any atom is 0.416 e. The lowest BCUT2D eigenvalue weighted by Crippen LogP contribution is -2.29. The fourth-order valence-corrected chi connectivity index (χ4v) is 3.39. The van der Waals surface area contributed by atoms with Gasteiger partial charge < -0.3 is 16.0 Å². The first kappa shape index (κ1) is 22.8. The van der Waals surface area contributed by atoms with Crippen LogP contribution >= 0.6 is 0 Å². The van der Waals surface area contributed by atoms with E-state index in [-0.39, 0.29) is 5.91 Å². The lowest BCUT2D eigenvalue weighted by atomic mass is 10.1. The molecule has 0 bridgehead atoms. The summed E-state index contributed by atoms with van der Waals surface area (Å²) in [6, 6.07) is 7.03. The second-order valence-electron chi connectivity index (χ2n) is 7.39. The molecule has 1 aromatic carbocycles. The van der Waals surface area contributed by atoms with Gasteiger partial charge in [0.25, 0.3) is 5.91 Å². The van der Waals surface area contributed by atoms with Crippen molar-refractivity contribution in [3.05, 3.63) is 76.2 Å². The molecule has 1 aromatic heterocycles. The standard InChI is InChI=1S/C22H26F3N5O/c1-26-8-7-19(27-2)11-29-21(31)16-9-17-13-30(14-20(17)28-10-16)12-15-3-5-18(6-4-15)22(23,24)25/h3-7,9-10,26-27H,8,11-14H2,1-2H3,(H,29,31)/b19-7-. The predicted octanol–water partition coefficient (Wildman–Crippen LogP) is 2.67. The fraction of sp³-hybridized carbons (Fsp3) is 0.364. The number of nitrogens with one attached hydrogen (secondary N) is 3. The van der Waals surface area contributed by atoms with Crippen molar-refractivity contribution in [1.29, 1.82) is 0 Å². The van der Waals surface area contributed by atoms with Crippen molar-refractivity contribution in [3.8, 4) is 0 Å². The highest BCUT2D eigenvalue weighted by atomic mass is 19.4. The van der Waals surface area contributed by atoms with Crippen LogP contribution in [-0.4, -0.2) is 43.0 Å². The van der Waals surface area contributed by atoms with Crippen LogP contribution in [0.3, 0.4) is 0 Å². The average Bonchev–Trinajstić information content (AvgIpc) is 3.14. The monoisotopic (exact) mass is 433 g/mol. The molecule has 0 atom stereocenters. The third-order valence-corrected chi connectivity index (χ3v) is 5.09. The number of carbonyl (C=O) groups is 1. The zero-order valence-corrected chi connectivity index (χ0v) is 17.5. The van der Waals surface area contributed by atoms with E-state index in [1.54, 1.807) is 13.2 Å². The first-order valence-corrected chi connectivity index (χ1v) is 9.96. The number of halogens is 3. The Bertz CT molecular complexity index is 941. The minimum atomic E-state index is -4.33. The maximum absolute atomic E-state index is 12.7. The van der Waals surface area contributed by atoms with E-state index in [0.29, 0.717) is 38.3 Å². The molecular formula is C22H26F3N5O. The van der Waals surface area contributed by atoms with Crippen LogP contribution in [0.2, 0.25) is 0 Å². The Balaban J connectivity index is 1.59. The summed E-state index contributed by atoms with van der Waals surface area (Å²) in [5.41, 5.74) is 3.37. The third-order valence-electron chi connectivity index (χ3n) is 5.09. The van der Waals surface area contributed by atoms with Crippen molar-refractivity contribution in [2.24, 2.45) is 0 Å². The first-order chi connectivity index (χ1) is 14.8. The van der Waals surface area contributed by atoms with Crippen LogP contribution in [0, 0.1) is 0 Å². The summed E-state index contributed by atoms with van der Waals surface area (Å²) in [5.74, 6) is -0.206. The Hall–Kier alpha value is -2.91. The molecule has 0 saturated heterocycles. The molecule has 166 valence electrons. The predicted molar refractivity (Wildman–Crippen MR) is 112 cm³/mol. The summed E-state index contributed by atoms with van der Waals surface area (Å²) >= 11 is 0. The molecule has 0 fully saturated rings. The van der Waals surface area contributed by atoms with Crippen LogP contribution in [0.15, 0.2) is 48.3 Å². The molecule has 0 spiro atoms. The molecule has 2 aromatic rings. The van der Waals surface area contributed by atoms with Crippen molar-refractivity contribution in [1.82, 2.24) is 25.8 Å². The Kier molecular flexibility index (Phi) is 7.29. The molecule has 6 nitrogen and oxygen atoms in total. The lowest BCUT2D eigenvalue weighted by Gasteiger charge is -2.15. The minimum Gasteiger partial charge on any atom is -0.390 e. The number of amides is 1. The number of hydrogen-bond acceptors (Lipinski definition) is 5. The third kappa shape index (κ3) is 6.05. The topological polar surface area (TPSA) is 69.3 Å². The van der Waals surface area contributed by atoms with Gasteiger partial charge in [0, 0.05) is 45.1 Å². The zero-order valence-electron chi connectivity index (χ0n) is 17.5. The van der Waals surface area contributed by atoms with Gasteiger partial charge >= 0.3 is 6.18 Å². The number of carbonyl (C=O) groups excluding carboxylic acids is 1. The Morgan fingerprint density at radius 2 is 1.94 bits per heavy atom. The van der Waals surface area contributed by atoms with Crippen molar-refractivity contribution < 1.29 is 18.0 Å². The number of rotatable bonds is 8. The normalized spacial score (nSPS) is 14.4. The molecular weight excluding hydrogens is 407 g/mol. The zero-order chi connectivity index (χ0) is 22.4. The highest BCUT2D eigenvalue weighted by Gasteiger charge is 2.30. The summed E-state index contributed by atoms with van der Waals surface area (Å²) in [7, 11) is 3.65. The van der Waals surface area contributed by atoms with E-state index in [1.165, 1.54) is 12.1 Å². The number of alkyl halides is 3. The summed E-state index contributed by atoms with van der Waals surface area (Å²) in [6.07, 6.45) is -0.813. The summed E-state index contributed by atoms with van der Waals surface area (Å²) in [5, 5.41) is 8.94. The van der Waals surface area contributed by atoms with Crippen molar-refractivity contribution >= 4 is 5.91 Å². The quantitative estimate of drug-likeness (QED) is 0.597. The van der Waals surface area contributed by atoms with Gasteiger partial charge in [-0.1, -0.05) is 12.1 Å². The van der Waals surface area contributed by atoms with E-state index in [4.69, 9.17) is 0 Å². The number of benzene rings is 1. The second kappa shape index (κ2) is 9.93. The van der Waals surface area contributed by atoms with E-state index < -0.39 is 11.7 Å². The van der Waals surface area contributed by atoms with Gasteiger partial charge in [-0.2, -0.15) is 13.2 Å². The lowest BCUT2D eigenvalue weighted by molar-refractivity contribution is -0.137. The molecule has 0 aliphatic carbocycles. The smallest absolute Gasteiger partial charge is 0.390 e. The average molecular weight is 433 g/mol. The summed E-state index contributed by atoms with van der Waals surface area (Å²) < 4.78 is 38.2. The van der Waals surface area contributed by atoms with Gasteiger partial charge in [0.15, 0.2) is 0 Å².